The van der Waals surface area contributed by atoms with E-state index in [0.717, 1.165) is 18.0 Å². The van der Waals surface area contributed by atoms with E-state index in [1.165, 1.54) is 29.4 Å². The largest absolute Gasteiger partial charge is 0.396 e. The van der Waals surface area contributed by atoms with E-state index >= 15 is 0 Å². The van der Waals surface area contributed by atoms with Crippen molar-refractivity contribution in [1.82, 2.24) is 4.98 Å². The predicted molar refractivity (Wildman–Crippen MR) is 71.4 cm³/mol. The lowest BCUT2D eigenvalue weighted by molar-refractivity contribution is 0.271. The van der Waals surface area contributed by atoms with Crippen LogP contribution in [0.3, 0.4) is 0 Å². The van der Waals surface area contributed by atoms with Gasteiger partial charge < -0.3 is 5.11 Å². The van der Waals surface area contributed by atoms with Crippen LogP contribution in [0, 0.1) is 5.92 Å². The Balaban J connectivity index is 1.91. The van der Waals surface area contributed by atoms with Crippen molar-refractivity contribution in [2.45, 2.75) is 32.1 Å². The zero-order valence-corrected chi connectivity index (χ0v) is 11.3. The summed E-state index contributed by atoms with van der Waals surface area (Å²) in [6.45, 7) is 2.22. The fraction of sp³-hybridized carbons (Fsp3) is 0.750. The van der Waals surface area contributed by atoms with Gasteiger partial charge in [-0.1, -0.05) is 6.92 Å². The van der Waals surface area contributed by atoms with Gasteiger partial charge in [0, 0.05) is 17.7 Å². The van der Waals surface area contributed by atoms with Gasteiger partial charge in [0.25, 0.3) is 0 Å². The molecule has 1 saturated heterocycles. The fourth-order valence-corrected chi connectivity index (χ4v) is 4.17. The molecule has 1 aliphatic rings. The summed E-state index contributed by atoms with van der Waals surface area (Å²) in [6, 6.07) is 0. The second kappa shape index (κ2) is 6.03. The highest BCUT2D eigenvalue weighted by Crippen LogP contribution is 2.27. The molecule has 0 aromatic carbocycles. The van der Waals surface area contributed by atoms with Crippen LogP contribution in [0.4, 0.5) is 0 Å². The number of thiazole rings is 1. The number of thioether (sulfide) groups is 1. The molecule has 2 heterocycles. The zero-order valence-electron chi connectivity index (χ0n) is 9.69. The van der Waals surface area contributed by atoms with Gasteiger partial charge in [-0.05, 0) is 30.3 Å². The lowest BCUT2D eigenvalue weighted by Gasteiger charge is -2.19. The Morgan fingerprint density at radius 1 is 1.50 bits per heavy atom. The van der Waals surface area contributed by atoms with E-state index in [1.54, 1.807) is 11.3 Å². The summed E-state index contributed by atoms with van der Waals surface area (Å²) < 4.78 is 0. The van der Waals surface area contributed by atoms with Crippen LogP contribution in [0.2, 0.25) is 0 Å². The van der Waals surface area contributed by atoms with Crippen molar-refractivity contribution >= 4 is 23.1 Å². The summed E-state index contributed by atoms with van der Waals surface area (Å²) in [5, 5.41) is 12.4. The fourth-order valence-electron chi connectivity index (χ4n) is 1.94. The molecule has 90 valence electrons. The second-order valence-corrected chi connectivity index (χ2v) is 6.68. The molecule has 2 nitrogen and oxygen atoms in total. The van der Waals surface area contributed by atoms with E-state index in [2.05, 4.69) is 22.1 Å². The number of aliphatic hydroxyl groups is 1. The Labute approximate surface area is 105 Å². The molecule has 0 amide bonds. The molecule has 0 spiro atoms. The predicted octanol–water partition coefficient (Wildman–Crippen LogP) is 2.92. The van der Waals surface area contributed by atoms with Gasteiger partial charge in [0.1, 0.15) is 0 Å². The van der Waals surface area contributed by atoms with Crippen LogP contribution in [-0.2, 0) is 6.42 Å². The highest BCUT2D eigenvalue weighted by Gasteiger charge is 2.16. The molecule has 0 radical (unpaired) electrons. The highest BCUT2D eigenvalue weighted by molar-refractivity contribution is 7.99. The van der Waals surface area contributed by atoms with Crippen molar-refractivity contribution in [1.29, 1.82) is 0 Å². The molecule has 1 aliphatic heterocycles. The number of rotatable bonds is 4. The van der Waals surface area contributed by atoms with E-state index in [0.29, 0.717) is 0 Å². The van der Waals surface area contributed by atoms with E-state index < -0.39 is 0 Å². The summed E-state index contributed by atoms with van der Waals surface area (Å²) in [5.41, 5.74) is 1.06. The molecule has 1 aromatic heterocycles. The molecular weight excluding hydrogens is 238 g/mol. The van der Waals surface area contributed by atoms with Crippen LogP contribution in [-0.4, -0.2) is 28.2 Å². The van der Waals surface area contributed by atoms with Crippen molar-refractivity contribution in [2.75, 3.05) is 18.1 Å². The molecule has 0 aliphatic carbocycles. The lowest BCUT2D eigenvalue weighted by Crippen LogP contribution is -2.12. The average Bonchev–Trinajstić information content (AvgIpc) is 2.78. The third-order valence-corrected chi connectivity index (χ3v) is 5.09. The van der Waals surface area contributed by atoms with Gasteiger partial charge in [-0.3, -0.25) is 0 Å². The summed E-state index contributed by atoms with van der Waals surface area (Å²) in [6.07, 6.45) is 3.83. The third kappa shape index (κ3) is 3.22. The third-order valence-electron chi connectivity index (χ3n) is 3.15. The smallest absolute Gasteiger partial charge is 0.0931 e. The van der Waals surface area contributed by atoms with Crippen molar-refractivity contribution in [2.24, 2.45) is 5.92 Å². The van der Waals surface area contributed by atoms with E-state index in [4.69, 9.17) is 5.11 Å². The van der Waals surface area contributed by atoms with Crippen molar-refractivity contribution < 1.29 is 5.11 Å². The maximum atomic E-state index is 9.08. The number of aromatic nitrogens is 1. The standard InChI is InChI=1S/C12H19NOS2/c1-9(7-14)11-8-16-12(13-11)6-10-2-4-15-5-3-10/h8-10,14H,2-7H2,1H3. The molecule has 16 heavy (non-hydrogen) atoms. The monoisotopic (exact) mass is 257 g/mol. The Hall–Kier alpha value is -0.0600. The lowest BCUT2D eigenvalue weighted by atomic mass is 9.99. The Morgan fingerprint density at radius 2 is 2.25 bits per heavy atom. The molecule has 1 aromatic rings. The highest BCUT2D eigenvalue weighted by atomic mass is 32.2. The van der Waals surface area contributed by atoms with Gasteiger partial charge in [0.15, 0.2) is 0 Å². The quantitative estimate of drug-likeness (QED) is 0.900. The minimum absolute atomic E-state index is 0.187. The van der Waals surface area contributed by atoms with Crippen LogP contribution < -0.4 is 0 Å². The topological polar surface area (TPSA) is 33.1 Å². The SMILES string of the molecule is CC(CO)c1csc(CC2CCSCC2)n1. The molecule has 0 bridgehead atoms. The minimum Gasteiger partial charge on any atom is -0.396 e. The Bertz CT molecular complexity index is 321. The van der Waals surface area contributed by atoms with Crippen LogP contribution in [0.25, 0.3) is 0 Å². The summed E-state index contributed by atoms with van der Waals surface area (Å²) in [4.78, 5) is 4.63. The van der Waals surface area contributed by atoms with Crippen LogP contribution in [0.15, 0.2) is 5.38 Å². The first-order chi connectivity index (χ1) is 7.79. The average molecular weight is 257 g/mol. The first-order valence-corrected chi connectivity index (χ1v) is 7.96. The van der Waals surface area contributed by atoms with Crippen molar-refractivity contribution in [3.63, 3.8) is 0 Å². The normalized spacial score (nSPS) is 19.9. The van der Waals surface area contributed by atoms with Gasteiger partial charge in [-0.2, -0.15) is 11.8 Å². The van der Waals surface area contributed by atoms with Gasteiger partial charge >= 0.3 is 0 Å². The van der Waals surface area contributed by atoms with Gasteiger partial charge in [-0.25, -0.2) is 4.98 Å². The first-order valence-electron chi connectivity index (χ1n) is 5.92. The number of hydrogen-bond donors (Lipinski definition) is 1. The van der Waals surface area contributed by atoms with Gasteiger partial charge in [-0.15, -0.1) is 11.3 Å². The Morgan fingerprint density at radius 3 is 2.94 bits per heavy atom. The van der Waals surface area contributed by atoms with E-state index in [1.807, 2.05) is 6.92 Å². The zero-order chi connectivity index (χ0) is 11.4. The molecule has 1 atom stereocenters. The van der Waals surface area contributed by atoms with Crippen LogP contribution in [0.5, 0.6) is 0 Å². The molecule has 1 unspecified atom stereocenters. The Kier molecular flexibility index (Phi) is 4.67. The van der Waals surface area contributed by atoms with E-state index in [-0.39, 0.29) is 12.5 Å². The van der Waals surface area contributed by atoms with E-state index in [9.17, 15) is 0 Å². The molecule has 2 rings (SSSR count). The van der Waals surface area contributed by atoms with Crippen LogP contribution >= 0.6 is 23.1 Å². The molecule has 1 N–H and O–H groups in total. The summed E-state index contributed by atoms with van der Waals surface area (Å²) in [7, 11) is 0. The van der Waals surface area contributed by atoms with Gasteiger partial charge in [0.05, 0.1) is 17.3 Å². The second-order valence-electron chi connectivity index (χ2n) is 4.51. The number of hydrogen-bond acceptors (Lipinski definition) is 4. The van der Waals surface area contributed by atoms with Gasteiger partial charge in [0.2, 0.25) is 0 Å². The summed E-state index contributed by atoms with van der Waals surface area (Å²) in [5.74, 6) is 3.66. The molecular formula is C12H19NOS2. The van der Waals surface area contributed by atoms with Crippen molar-refractivity contribution in [3.8, 4) is 0 Å². The first kappa shape index (κ1) is 12.4. The van der Waals surface area contributed by atoms with Crippen LogP contribution in [0.1, 0.15) is 36.4 Å². The molecule has 4 heteroatoms. The maximum absolute atomic E-state index is 9.08. The summed E-state index contributed by atoms with van der Waals surface area (Å²) >= 11 is 3.83. The van der Waals surface area contributed by atoms with Crippen molar-refractivity contribution in [3.05, 3.63) is 16.1 Å². The minimum atomic E-state index is 0.187. The number of aliphatic hydroxyl groups excluding tert-OH is 1. The molecule has 0 saturated carbocycles. The number of nitrogens with zero attached hydrogens (tertiary/aromatic N) is 1. The molecule has 1 fully saturated rings. The maximum Gasteiger partial charge on any atom is 0.0931 e.